The van der Waals surface area contributed by atoms with Gasteiger partial charge in [0.25, 0.3) is 0 Å². The summed E-state index contributed by atoms with van der Waals surface area (Å²) in [5, 5.41) is 10.0. The Hall–Kier alpha value is -4.94. The lowest BCUT2D eigenvalue weighted by molar-refractivity contribution is 0.0512. The quantitative estimate of drug-likeness (QED) is 0.109. The van der Waals surface area contributed by atoms with Crippen LogP contribution in [-0.2, 0) is 4.74 Å². The van der Waals surface area contributed by atoms with E-state index >= 15 is 13.2 Å². The van der Waals surface area contributed by atoms with Crippen LogP contribution < -0.4 is 14.4 Å². The average Bonchev–Trinajstić information content (AvgIpc) is 3.74. The summed E-state index contributed by atoms with van der Waals surface area (Å²) >= 11 is 0. The number of benzene rings is 2. The van der Waals surface area contributed by atoms with Gasteiger partial charge in [0.2, 0.25) is 5.95 Å². The molecule has 15 heteroatoms. The van der Waals surface area contributed by atoms with Crippen LogP contribution in [0, 0.1) is 29.9 Å². The van der Waals surface area contributed by atoms with Crippen molar-refractivity contribution in [2.75, 3.05) is 51.6 Å². The number of amides is 1. The summed E-state index contributed by atoms with van der Waals surface area (Å²) in [6.07, 6.45) is 6.70. The van der Waals surface area contributed by atoms with Crippen molar-refractivity contribution in [3.63, 3.8) is 0 Å². The molecule has 51 heavy (non-hydrogen) atoms. The van der Waals surface area contributed by atoms with Crippen LogP contribution in [0.1, 0.15) is 37.7 Å². The first-order chi connectivity index (χ1) is 24.6. The number of anilines is 1. The molecule has 4 aromatic rings. The number of methoxy groups -OCH3 is 1. The topological polar surface area (TPSA) is 113 Å². The highest BCUT2D eigenvalue weighted by Crippen LogP contribution is 2.43. The number of piperazine rings is 1. The van der Waals surface area contributed by atoms with Crippen LogP contribution in [0.15, 0.2) is 24.3 Å². The summed E-state index contributed by atoms with van der Waals surface area (Å²) in [6.45, 7) is 1.24. The summed E-state index contributed by atoms with van der Waals surface area (Å²) in [5.41, 5.74) is -1.74. The lowest BCUT2D eigenvalue weighted by atomic mass is 9.95. The number of alkyl halides is 1. The molecule has 4 aliphatic heterocycles. The van der Waals surface area contributed by atoms with Gasteiger partial charge >= 0.3 is 12.1 Å². The number of ether oxygens (including phenoxy) is 3. The molecule has 266 valence electrons. The van der Waals surface area contributed by atoms with Crippen molar-refractivity contribution in [1.29, 1.82) is 0 Å². The third kappa shape index (κ3) is 5.52. The van der Waals surface area contributed by atoms with E-state index in [0.717, 1.165) is 13.0 Å². The van der Waals surface area contributed by atoms with Crippen LogP contribution in [0.2, 0.25) is 0 Å². The van der Waals surface area contributed by atoms with E-state index in [2.05, 4.69) is 25.8 Å². The summed E-state index contributed by atoms with van der Waals surface area (Å²) in [7, 11) is 1.42. The van der Waals surface area contributed by atoms with Gasteiger partial charge in [-0.2, -0.15) is 14.4 Å². The van der Waals surface area contributed by atoms with E-state index in [4.69, 9.17) is 20.6 Å². The highest BCUT2D eigenvalue weighted by Gasteiger charge is 2.50. The van der Waals surface area contributed by atoms with Gasteiger partial charge in [-0.15, -0.1) is 6.42 Å². The third-order valence-corrected chi connectivity index (χ3v) is 10.7. The second kappa shape index (κ2) is 12.7. The molecule has 1 amide bonds. The molecule has 4 fully saturated rings. The Kier molecular flexibility index (Phi) is 8.26. The number of hydrogen-bond acceptors (Lipinski definition) is 9. The fourth-order valence-electron chi connectivity index (χ4n) is 8.55. The van der Waals surface area contributed by atoms with E-state index in [0.29, 0.717) is 31.2 Å². The Balaban J connectivity index is 1.30. The maximum absolute atomic E-state index is 17.1. The van der Waals surface area contributed by atoms with Crippen LogP contribution in [0.4, 0.5) is 28.2 Å². The minimum atomic E-state index is -1.11. The molecular formula is C36H34F4N6O5. The summed E-state index contributed by atoms with van der Waals surface area (Å²) in [4.78, 5) is 30.2. The Morgan fingerprint density at radius 1 is 1.08 bits per heavy atom. The first-order valence-electron chi connectivity index (χ1n) is 16.8. The lowest BCUT2D eigenvalue weighted by Gasteiger charge is -2.40. The zero-order valence-electron chi connectivity index (χ0n) is 27.7. The molecule has 6 heterocycles. The van der Waals surface area contributed by atoms with E-state index in [1.54, 1.807) is 11.0 Å². The van der Waals surface area contributed by atoms with Crippen molar-refractivity contribution < 1.29 is 41.7 Å². The first kappa shape index (κ1) is 33.2. The van der Waals surface area contributed by atoms with Crippen molar-refractivity contribution in [2.45, 2.75) is 55.9 Å². The SMILES string of the molecule is C#Cc1c(F)ccc2cc(OCOC)cc(-c3nc(F)c4c(N5C[C@H]6CC[C@@H](C5)N6C(=O)O)nc(OC[C@@]56CCCN5C[C@H](F)C6)nc4c3F)c12. The number of pyridine rings is 1. The van der Waals surface area contributed by atoms with E-state index in [-0.39, 0.29) is 84.5 Å². The van der Waals surface area contributed by atoms with Crippen LogP contribution in [0.3, 0.4) is 0 Å². The van der Waals surface area contributed by atoms with E-state index in [1.165, 1.54) is 30.2 Å². The van der Waals surface area contributed by atoms with Crippen LogP contribution >= 0.6 is 0 Å². The molecule has 0 unspecified atom stereocenters. The molecule has 0 aliphatic carbocycles. The molecule has 0 saturated carbocycles. The van der Waals surface area contributed by atoms with Crippen LogP contribution in [0.25, 0.3) is 32.9 Å². The first-order valence-corrected chi connectivity index (χ1v) is 16.8. The van der Waals surface area contributed by atoms with Crippen molar-refractivity contribution in [3.05, 3.63) is 47.4 Å². The van der Waals surface area contributed by atoms with E-state index in [1.807, 2.05) is 0 Å². The molecule has 0 radical (unpaired) electrons. The standard InChI is InChI=1S/C36H34F4N6O5/c1-3-24-26(38)8-5-19-11-23(51-18-49-2)12-25(27(19)24)30-29(39)31-28(32(40)41-30)33(44-15-21-6-7-22(16-44)46(21)35(47)48)43-34(42-31)50-17-36-9-4-10-45(36)14-20(37)13-36/h1,5,8,11-12,20-22H,4,6-7,9-10,13-18H2,2H3,(H,47,48)/t20-,21-,22+,36+/m1/s1. The predicted octanol–water partition coefficient (Wildman–Crippen LogP) is 5.51. The van der Waals surface area contributed by atoms with Crippen LogP contribution in [0.5, 0.6) is 11.8 Å². The number of carbonyl (C=O) groups is 1. The van der Waals surface area contributed by atoms with Gasteiger partial charge in [-0.25, -0.2) is 22.9 Å². The van der Waals surface area contributed by atoms with Gasteiger partial charge in [-0.05, 0) is 55.8 Å². The number of halogens is 4. The van der Waals surface area contributed by atoms with E-state index in [9.17, 15) is 14.3 Å². The molecule has 2 aromatic carbocycles. The molecule has 11 nitrogen and oxygen atoms in total. The van der Waals surface area contributed by atoms with Gasteiger partial charge in [-0.3, -0.25) is 9.80 Å². The van der Waals surface area contributed by atoms with Gasteiger partial charge in [0.1, 0.15) is 46.8 Å². The minimum Gasteiger partial charge on any atom is -0.468 e. The van der Waals surface area contributed by atoms with Crippen LogP contribution in [-0.4, -0.2) is 106 Å². The van der Waals surface area contributed by atoms with Crippen molar-refractivity contribution in [2.24, 2.45) is 0 Å². The van der Waals surface area contributed by atoms with E-state index < -0.39 is 46.6 Å². The summed E-state index contributed by atoms with van der Waals surface area (Å²) in [6, 6.07) is 4.54. The fraction of sp³-hybridized carbons (Fsp3) is 0.444. The maximum atomic E-state index is 17.1. The van der Waals surface area contributed by atoms with Gasteiger partial charge in [0.05, 0.1) is 23.2 Å². The minimum absolute atomic E-state index is 0.000326. The highest BCUT2D eigenvalue weighted by atomic mass is 19.1. The second-order valence-electron chi connectivity index (χ2n) is 13.6. The largest absolute Gasteiger partial charge is 0.468 e. The van der Waals surface area contributed by atoms with Gasteiger partial charge < -0.3 is 24.2 Å². The lowest BCUT2D eigenvalue weighted by Crippen LogP contribution is -2.55. The van der Waals surface area contributed by atoms with Gasteiger partial charge in [0, 0.05) is 44.1 Å². The second-order valence-corrected chi connectivity index (χ2v) is 13.6. The van der Waals surface area contributed by atoms with Gasteiger partial charge in [0.15, 0.2) is 12.6 Å². The Bertz CT molecular complexity index is 2100. The monoisotopic (exact) mass is 706 g/mol. The highest BCUT2D eigenvalue weighted by molar-refractivity contribution is 6.03. The van der Waals surface area contributed by atoms with Crippen molar-refractivity contribution >= 4 is 33.6 Å². The van der Waals surface area contributed by atoms with Crippen molar-refractivity contribution in [1.82, 2.24) is 24.8 Å². The molecule has 4 saturated heterocycles. The number of nitrogens with zero attached hydrogens (tertiary/aromatic N) is 6. The Labute approximate surface area is 290 Å². The number of rotatable bonds is 8. The molecule has 1 N–H and O–H groups in total. The summed E-state index contributed by atoms with van der Waals surface area (Å²) in [5.74, 6) is -0.367. The zero-order valence-corrected chi connectivity index (χ0v) is 27.7. The van der Waals surface area contributed by atoms with Crippen molar-refractivity contribution in [3.8, 4) is 35.4 Å². The number of aromatic nitrogens is 3. The zero-order chi connectivity index (χ0) is 35.6. The molecule has 4 aliphatic rings. The third-order valence-electron chi connectivity index (χ3n) is 10.7. The predicted molar refractivity (Wildman–Crippen MR) is 178 cm³/mol. The normalized spacial score (nSPS) is 24.4. The Morgan fingerprint density at radius 2 is 1.86 bits per heavy atom. The molecule has 2 bridgehead atoms. The molecule has 4 atom stereocenters. The fourth-order valence-corrected chi connectivity index (χ4v) is 8.55. The molecule has 0 spiro atoms. The number of fused-ring (bicyclic) bond motifs is 5. The number of hydrogen-bond donors (Lipinski definition) is 1. The molecular weight excluding hydrogens is 672 g/mol. The molecule has 2 aromatic heterocycles. The molecule has 8 rings (SSSR count). The number of terminal acetylenes is 1. The Morgan fingerprint density at radius 3 is 2.59 bits per heavy atom. The smallest absolute Gasteiger partial charge is 0.407 e. The average molecular weight is 707 g/mol. The summed E-state index contributed by atoms with van der Waals surface area (Å²) < 4.78 is 80.1. The maximum Gasteiger partial charge on any atom is 0.407 e. The van der Waals surface area contributed by atoms with Gasteiger partial charge in [-0.1, -0.05) is 12.0 Å². The number of carboxylic acid groups (broad SMARTS) is 1.